The Bertz CT molecular complexity index is 897. The van der Waals surface area contributed by atoms with Crippen molar-refractivity contribution in [3.63, 3.8) is 0 Å². The quantitative estimate of drug-likeness (QED) is 0.604. The van der Waals surface area contributed by atoms with Gasteiger partial charge in [0.25, 0.3) is 11.8 Å². The lowest BCUT2D eigenvalue weighted by atomic mass is 10.2. The number of carbonyl (C=O) groups is 3. The van der Waals surface area contributed by atoms with Crippen molar-refractivity contribution in [3.8, 4) is 5.75 Å². The van der Waals surface area contributed by atoms with Crippen LogP contribution in [0.4, 0.5) is 4.39 Å². The molecule has 1 N–H and O–H groups in total. The lowest BCUT2D eigenvalue weighted by molar-refractivity contribution is -0.143. The number of imide groups is 1. The van der Waals surface area contributed by atoms with Crippen LogP contribution >= 0.6 is 11.6 Å². The maximum absolute atomic E-state index is 13.1. The second-order valence-corrected chi connectivity index (χ2v) is 5.60. The average molecular weight is 392 g/mol. The molecule has 0 fully saturated rings. The first-order valence-electron chi connectivity index (χ1n) is 7.68. The lowest BCUT2D eigenvalue weighted by Crippen LogP contribution is -2.34. The first-order valence-corrected chi connectivity index (χ1v) is 8.05. The van der Waals surface area contributed by atoms with Gasteiger partial charge in [-0.3, -0.25) is 14.9 Å². The summed E-state index contributed by atoms with van der Waals surface area (Å²) in [6.45, 7) is -0.645. The number of hydrogen-bond donors (Lipinski definition) is 1. The van der Waals surface area contributed by atoms with Gasteiger partial charge in [-0.1, -0.05) is 29.8 Å². The molecule has 0 saturated carbocycles. The molecule has 8 heteroatoms. The molecule has 0 spiro atoms. The third kappa shape index (κ3) is 5.93. The number of methoxy groups -OCH3 is 1. The average Bonchev–Trinajstić information content (AvgIpc) is 2.67. The number of halogens is 2. The van der Waals surface area contributed by atoms with E-state index in [2.05, 4.69) is 5.32 Å². The molecule has 0 aromatic heterocycles. The third-order valence-electron chi connectivity index (χ3n) is 3.31. The fraction of sp³-hybridized carbons (Fsp3) is 0.105. The summed E-state index contributed by atoms with van der Waals surface area (Å²) in [4.78, 5) is 35.4. The fourth-order valence-corrected chi connectivity index (χ4v) is 2.22. The molecule has 0 atom stereocenters. The number of para-hydroxylation sites is 1. The first-order chi connectivity index (χ1) is 12.9. The molecule has 2 rings (SSSR count). The van der Waals surface area contributed by atoms with Gasteiger partial charge in [-0.15, -0.1) is 0 Å². The second kappa shape index (κ2) is 9.49. The van der Waals surface area contributed by atoms with Gasteiger partial charge in [0.1, 0.15) is 11.6 Å². The van der Waals surface area contributed by atoms with E-state index >= 15 is 0 Å². The molecular weight excluding hydrogens is 377 g/mol. The molecule has 0 aliphatic heterocycles. The van der Waals surface area contributed by atoms with Crippen LogP contribution in [0.3, 0.4) is 0 Å². The van der Waals surface area contributed by atoms with Crippen molar-refractivity contribution in [2.24, 2.45) is 0 Å². The molecular formula is C19H15ClFNO5. The van der Waals surface area contributed by atoms with Crippen LogP contribution in [-0.4, -0.2) is 31.5 Å². The molecule has 0 bridgehead atoms. The van der Waals surface area contributed by atoms with E-state index in [0.717, 1.165) is 12.1 Å². The van der Waals surface area contributed by atoms with Gasteiger partial charge in [0.15, 0.2) is 6.61 Å². The minimum atomic E-state index is -0.810. The predicted octanol–water partition coefficient (Wildman–Crippen LogP) is 3.00. The number of ether oxygens (including phenoxy) is 2. The smallest absolute Gasteiger partial charge is 0.331 e. The van der Waals surface area contributed by atoms with Crippen LogP contribution in [0.5, 0.6) is 5.75 Å². The highest BCUT2D eigenvalue weighted by molar-refractivity contribution is 6.30. The van der Waals surface area contributed by atoms with Crippen molar-refractivity contribution in [3.05, 3.63) is 70.5 Å². The van der Waals surface area contributed by atoms with Crippen LogP contribution in [0.2, 0.25) is 5.02 Å². The number of carbonyl (C=O) groups excluding carboxylic acids is 3. The fourth-order valence-electron chi connectivity index (χ4n) is 2.03. The zero-order valence-electron chi connectivity index (χ0n) is 14.2. The van der Waals surface area contributed by atoms with E-state index in [-0.39, 0.29) is 10.6 Å². The Morgan fingerprint density at radius 1 is 1.19 bits per heavy atom. The summed E-state index contributed by atoms with van der Waals surface area (Å²) < 4.78 is 22.8. The summed E-state index contributed by atoms with van der Waals surface area (Å²) in [5.74, 6) is -2.55. The van der Waals surface area contributed by atoms with E-state index in [1.165, 1.54) is 31.4 Å². The molecule has 0 aliphatic carbocycles. The highest BCUT2D eigenvalue weighted by Gasteiger charge is 2.15. The SMILES string of the molecule is COc1ccccc1C(=O)NC(=O)COC(=O)/C=C/c1ccc(F)c(Cl)c1. The summed E-state index contributed by atoms with van der Waals surface area (Å²) in [5.41, 5.74) is 0.655. The number of esters is 1. The lowest BCUT2D eigenvalue weighted by Gasteiger charge is -2.08. The van der Waals surface area contributed by atoms with E-state index in [9.17, 15) is 18.8 Å². The Hall–Kier alpha value is -3.19. The van der Waals surface area contributed by atoms with E-state index in [4.69, 9.17) is 21.1 Å². The number of hydrogen-bond acceptors (Lipinski definition) is 5. The van der Waals surface area contributed by atoms with Crippen LogP contribution in [0, 0.1) is 5.82 Å². The predicted molar refractivity (Wildman–Crippen MR) is 96.9 cm³/mol. The Morgan fingerprint density at radius 3 is 2.63 bits per heavy atom. The second-order valence-electron chi connectivity index (χ2n) is 5.19. The van der Waals surface area contributed by atoms with Gasteiger partial charge >= 0.3 is 5.97 Å². The Labute approximate surface area is 159 Å². The normalized spacial score (nSPS) is 10.5. The summed E-state index contributed by atoms with van der Waals surface area (Å²) in [5, 5.41) is 2.01. The van der Waals surface area contributed by atoms with Crippen LogP contribution in [0.15, 0.2) is 48.5 Å². The summed E-state index contributed by atoms with van der Waals surface area (Å²) in [6.07, 6.45) is 2.41. The molecule has 0 heterocycles. The van der Waals surface area contributed by atoms with Crippen LogP contribution in [-0.2, 0) is 14.3 Å². The zero-order chi connectivity index (χ0) is 19.8. The van der Waals surface area contributed by atoms with Crippen molar-refractivity contribution < 1.29 is 28.2 Å². The van der Waals surface area contributed by atoms with Gasteiger partial charge in [0.2, 0.25) is 0 Å². The zero-order valence-corrected chi connectivity index (χ0v) is 15.0. The van der Waals surface area contributed by atoms with Gasteiger partial charge in [-0.2, -0.15) is 0 Å². The monoisotopic (exact) mass is 391 g/mol. The largest absolute Gasteiger partial charge is 0.496 e. The number of rotatable bonds is 6. The maximum Gasteiger partial charge on any atom is 0.331 e. The van der Waals surface area contributed by atoms with E-state index in [1.807, 2.05) is 0 Å². The summed E-state index contributed by atoms with van der Waals surface area (Å²) in [6, 6.07) is 10.3. The van der Waals surface area contributed by atoms with E-state index in [1.54, 1.807) is 18.2 Å². The molecule has 2 aromatic carbocycles. The summed E-state index contributed by atoms with van der Waals surface area (Å²) in [7, 11) is 1.40. The standard InChI is InChI=1S/C19H15ClFNO5/c1-26-16-5-3-2-4-13(16)19(25)22-17(23)11-27-18(24)9-7-12-6-8-15(21)14(20)10-12/h2-10H,11H2,1H3,(H,22,23,25)/b9-7+. The molecule has 6 nitrogen and oxygen atoms in total. The Morgan fingerprint density at radius 2 is 1.93 bits per heavy atom. The third-order valence-corrected chi connectivity index (χ3v) is 3.60. The van der Waals surface area contributed by atoms with Crippen LogP contribution < -0.4 is 10.1 Å². The molecule has 0 radical (unpaired) electrons. The molecule has 0 aliphatic rings. The van der Waals surface area contributed by atoms with Gasteiger partial charge < -0.3 is 9.47 Å². The highest BCUT2D eigenvalue weighted by atomic mass is 35.5. The molecule has 140 valence electrons. The van der Waals surface area contributed by atoms with Gasteiger partial charge in [0, 0.05) is 6.08 Å². The van der Waals surface area contributed by atoms with Crippen molar-refractivity contribution >= 4 is 35.5 Å². The Balaban J connectivity index is 1.85. The molecule has 27 heavy (non-hydrogen) atoms. The van der Waals surface area contributed by atoms with Crippen LogP contribution in [0.25, 0.3) is 6.08 Å². The summed E-state index contributed by atoms with van der Waals surface area (Å²) >= 11 is 5.63. The van der Waals surface area contributed by atoms with Crippen molar-refractivity contribution in [2.75, 3.05) is 13.7 Å². The van der Waals surface area contributed by atoms with E-state index < -0.39 is 30.2 Å². The van der Waals surface area contributed by atoms with Crippen molar-refractivity contribution in [1.82, 2.24) is 5.32 Å². The molecule has 0 unspecified atom stereocenters. The van der Waals surface area contributed by atoms with E-state index in [0.29, 0.717) is 11.3 Å². The Kier molecular flexibility index (Phi) is 7.08. The minimum absolute atomic E-state index is 0.0836. The number of amides is 2. The van der Waals surface area contributed by atoms with Gasteiger partial charge in [-0.25, -0.2) is 9.18 Å². The maximum atomic E-state index is 13.1. The van der Waals surface area contributed by atoms with Gasteiger partial charge in [-0.05, 0) is 35.9 Å². The molecule has 2 amide bonds. The first kappa shape index (κ1) is 20.1. The van der Waals surface area contributed by atoms with Crippen LogP contribution in [0.1, 0.15) is 15.9 Å². The van der Waals surface area contributed by atoms with Gasteiger partial charge in [0.05, 0.1) is 17.7 Å². The van der Waals surface area contributed by atoms with Crippen molar-refractivity contribution in [1.29, 1.82) is 0 Å². The topological polar surface area (TPSA) is 81.7 Å². The number of nitrogens with one attached hydrogen (secondary N) is 1. The molecule has 2 aromatic rings. The van der Waals surface area contributed by atoms with Crippen molar-refractivity contribution in [2.45, 2.75) is 0 Å². The minimum Gasteiger partial charge on any atom is -0.496 e. The number of benzene rings is 2. The highest BCUT2D eigenvalue weighted by Crippen LogP contribution is 2.17. The molecule has 0 saturated heterocycles.